The zero-order chi connectivity index (χ0) is 22.4. The van der Waals surface area contributed by atoms with Gasteiger partial charge in [-0.2, -0.15) is 0 Å². The number of imidazole rings is 2. The maximum absolute atomic E-state index is 12.6. The summed E-state index contributed by atoms with van der Waals surface area (Å²) < 4.78 is 4.02. The second-order valence-corrected chi connectivity index (χ2v) is 8.33. The van der Waals surface area contributed by atoms with Crippen LogP contribution in [0.15, 0.2) is 59.9 Å². The number of aryl methyl sites for hydroxylation is 1. The number of pyridine rings is 1. The lowest BCUT2D eigenvalue weighted by Crippen LogP contribution is -2.37. The number of para-hydroxylation sites is 2. The van der Waals surface area contributed by atoms with Gasteiger partial charge in [-0.15, -0.1) is 0 Å². The minimum atomic E-state index is -0.0399. The molecule has 9 heteroatoms. The van der Waals surface area contributed by atoms with E-state index in [9.17, 15) is 4.79 Å². The molecule has 166 valence electrons. The summed E-state index contributed by atoms with van der Waals surface area (Å²) >= 11 is 0. The van der Waals surface area contributed by atoms with Gasteiger partial charge in [-0.05, 0) is 44.0 Å². The molecule has 1 saturated heterocycles. The summed E-state index contributed by atoms with van der Waals surface area (Å²) in [6.45, 7) is 4.43. The Kier molecular flexibility index (Phi) is 4.67. The zero-order valence-electron chi connectivity index (χ0n) is 18.3. The van der Waals surface area contributed by atoms with Crippen molar-refractivity contribution >= 4 is 28.0 Å². The minimum Gasteiger partial charge on any atom is -0.355 e. The lowest BCUT2D eigenvalue weighted by atomic mass is 10.0. The summed E-state index contributed by atoms with van der Waals surface area (Å²) in [7, 11) is 0. The van der Waals surface area contributed by atoms with Crippen LogP contribution in [0.4, 0.5) is 5.82 Å². The standard InChI is InChI=1S/C24H24N8O/c1-2-31-21(16-6-5-11-25-14-16)29-20-22(26-15-27-23(20)31)30-12-9-17(10-13-30)32-19-8-4-3-7-18(19)28-24(32)33/h3-8,11,14-15,17H,2,9-10,12-13H2,1H3,(H,28,33). The molecule has 0 spiro atoms. The van der Waals surface area contributed by atoms with E-state index < -0.39 is 0 Å². The van der Waals surface area contributed by atoms with Gasteiger partial charge in [0.25, 0.3) is 0 Å². The SMILES string of the molecule is CCn1c(-c2cccnc2)nc2c(N3CCC(n4c(=O)[nH]c5ccccc54)CC3)ncnc21. The van der Waals surface area contributed by atoms with Crippen molar-refractivity contribution in [2.45, 2.75) is 32.4 Å². The van der Waals surface area contributed by atoms with E-state index in [4.69, 9.17) is 4.98 Å². The van der Waals surface area contributed by atoms with E-state index in [2.05, 4.69) is 36.3 Å². The molecule has 1 aliphatic heterocycles. The second-order valence-electron chi connectivity index (χ2n) is 8.33. The number of anilines is 1. The van der Waals surface area contributed by atoms with E-state index in [1.807, 2.05) is 47.2 Å². The Morgan fingerprint density at radius 1 is 1.09 bits per heavy atom. The van der Waals surface area contributed by atoms with Crippen LogP contribution < -0.4 is 10.6 Å². The average molecular weight is 441 g/mol. The first kappa shape index (κ1) is 19.7. The predicted molar refractivity (Wildman–Crippen MR) is 127 cm³/mol. The number of rotatable bonds is 4. The lowest BCUT2D eigenvalue weighted by molar-refractivity contribution is 0.395. The molecule has 9 nitrogen and oxygen atoms in total. The molecule has 5 aromatic rings. The van der Waals surface area contributed by atoms with Crippen molar-refractivity contribution in [3.05, 3.63) is 65.6 Å². The first-order chi connectivity index (χ1) is 16.2. The largest absolute Gasteiger partial charge is 0.355 e. The number of aromatic amines is 1. The third kappa shape index (κ3) is 3.19. The number of H-pyrrole nitrogens is 1. The van der Waals surface area contributed by atoms with Crippen LogP contribution in [0, 0.1) is 0 Å². The molecule has 0 bridgehead atoms. The van der Waals surface area contributed by atoms with E-state index in [1.165, 1.54) is 0 Å². The van der Waals surface area contributed by atoms with Gasteiger partial charge >= 0.3 is 5.69 Å². The van der Waals surface area contributed by atoms with Crippen molar-refractivity contribution in [2.24, 2.45) is 0 Å². The summed E-state index contributed by atoms with van der Waals surface area (Å²) in [6.07, 6.45) is 6.92. The molecule has 0 amide bonds. The maximum Gasteiger partial charge on any atom is 0.326 e. The highest BCUT2D eigenvalue weighted by Gasteiger charge is 2.27. The van der Waals surface area contributed by atoms with E-state index in [0.29, 0.717) is 0 Å². The first-order valence-corrected chi connectivity index (χ1v) is 11.3. The Morgan fingerprint density at radius 3 is 2.73 bits per heavy atom. The van der Waals surface area contributed by atoms with Gasteiger partial charge in [0.05, 0.1) is 11.0 Å². The van der Waals surface area contributed by atoms with Gasteiger partial charge in [0.1, 0.15) is 12.2 Å². The van der Waals surface area contributed by atoms with Crippen LogP contribution in [-0.4, -0.2) is 47.1 Å². The van der Waals surface area contributed by atoms with Crippen LogP contribution in [-0.2, 0) is 6.54 Å². The van der Waals surface area contributed by atoms with Gasteiger partial charge < -0.3 is 14.5 Å². The average Bonchev–Trinajstić information content (AvgIpc) is 3.41. The smallest absolute Gasteiger partial charge is 0.326 e. The third-order valence-corrected chi connectivity index (χ3v) is 6.50. The molecule has 0 aliphatic carbocycles. The van der Waals surface area contributed by atoms with Crippen molar-refractivity contribution in [3.63, 3.8) is 0 Å². The molecule has 6 rings (SSSR count). The highest BCUT2D eigenvalue weighted by Crippen LogP contribution is 2.32. The van der Waals surface area contributed by atoms with E-state index in [0.717, 1.165) is 71.9 Å². The van der Waals surface area contributed by atoms with Crippen LogP contribution >= 0.6 is 0 Å². The van der Waals surface area contributed by atoms with Crippen molar-refractivity contribution in [3.8, 4) is 11.4 Å². The molecule has 0 saturated carbocycles. The summed E-state index contributed by atoms with van der Waals surface area (Å²) in [5.41, 5.74) is 4.41. The minimum absolute atomic E-state index is 0.0399. The monoisotopic (exact) mass is 440 g/mol. The molecule has 1 N–H and O–H groups in total. The van der Waals surface area contributed by atoms with Crippen molar-refractivity contribution in [1.82, 2.24) is 34.1 Å². The maximum atomic E-state index is 12.6. The van der Waals surface area contributed by atoms with Gasteiger partial charge in [-0.3, -0.25) is 9.55 Å². The zero-order valence-corrected chi connectivity index (χ0v) is 18.3. The van der Waals surface area contributed by atoms with Crippen LogP contribution in [0.5, 0.6) is 0 Å². The van der Waals surface area contributed by atoms with Crippen molar-refractivity contribution < 1.29 is 0 Å². The fourth-order valence-electron chi connectivity index (χ4n) is 4.94. The number of hydrogen-bond donors (Lipinski definition) is 1. The molecule has 4 aromatic heterocycles. The Labute approximate surface area is 189 Å². The van der Waals surface area contributed by atoms with Crippen LogP contribution in [0.3, 0.4) is 0 Å². The van der Waals surface area contributed by atoms with Gasteiger partial charge in [0.15, 0.2) is 17.0 Å². The summed E-state index contributed by atoms with van der Waals surface area (Å²) in [4.78, 5) is 36.2. The van der Waals surface area contributed by atoms with Gasteiger partial charge in [0, 0.05) is 43.6 Å². The van der Waals surface area contributed by atoms with Crippen LogP contribution in [0.25, 0.3) is 33.6 Å². The Bertz CT molecular complexity index is 1490. The molecular formula is C24H24N8O. The molecule has 0 unspecified atom stereocenters. The van der Waals surface area contributed by atoms with Crippen molar-refractivity contribution in [1.29, 1.82) is 0 Å². The Balaban J connectivity index is 1.33. The number of nitrogens with one attached hydrogen (secondary N) is 1. The number of piperidine rings is 1. The van der Waals surface area contributed by atoms with E-state index >= 15 is 0 Å². The Hall–Kier alpha value is -4.01. The molecule has 1 fully saturated rings. The molecule has 0 atom stereocenters. The predicted octanol–water partition coefficient (Wildman–Crippen LogP) is 3.39. The number of benzene rings is 1. The topological polar surface area (TPSA) is 97.5 Å². The number of fused-ring (bicyclic) bond motifs is 2. The van der Waals surface area contributed by atoms with Gasteiger partial charge in [0.2, 0.25) is 0 Å². The molecule has 0 radical (unpaired) electrons. The van der Waals surface area contributed by atoms with Gasteiger partial charge in [-0.1, -0.05) is 12.1 Å². The summed E-state index contributed by atoms with van der Waals surface area (Å²) in [5, 5.41) is 0. The van der Waals surface area contributed by atoms with Gasteiger partial charge in [-0.25, -0.2) is 19.7 Å². The van der Waals surface area contributed by atoms with E-state index in [-0.39, 0.29) is 11.7 Å². The fraction of sp³-hybridized carbons (Fsp3) is 0.292. The quantitative estimate of drug-likeness (QED) is 0.460. The second kappa shape index (κ2) is 7.84. The molecule has 5 heterocycles. The highest BCUT2D eigenvalue weighted by molar-refractivity contribution is 5.87. The number of nitrogens with zero attached hydrogens (tertiary/aromatic N) is 7. The molecule has 1 aromatic carbocycles. The lowest BCUT2D eigenvalue weighted by Gasteiger charge is -2.33. The third-order valence-electron chi connectivity index (χ3n) is 6.50. The number of hydrogen-bond acceptors (Lipinski definition) is 6. The number of aromatic nitrogens is 7. The molecular weight excluding hydrogens is 416 g/mol. The Morgan fingerprint density at radius 2 is 1.94 bits per heavy atom. The summed E-state index contributed by atoms with van der Waals surface area (Å²) in [5.74, 6) is 1.70. The normalized spacial score (nSPS) is 15.0. The summed E-state index contributed by atoms with van der Waals surface area (Å²) in [6, 6.07) is 12.0. The molecule has 33 heavy (non-hydrogen) atoms. The van der Waals surface area contributed by atoms with E-state index in [1.54, 1.807) is 12.5 Å². The van der Waals surface area contributed by atoms with Crippen LogP contribution in [0.2, 0.25) is 0 Å². The molecule has 1 aliphatic rings. The first-order valence-electron chi connectivity index (χ1n) is 11.3. The van der Waals surface area contributed by atoms with Crippen molar-refractivity contribution in [2.75, 3.05) is 18.0 Å². The highest BCUT2D eigenvalue weighted by atomic mass is 16.1. The fourth-order valence-corrected chi connectivity index (χ4v) is 4.94. The van der Waals surface area contributed by atoms with Crippen LogP contribution in [0.1, 0.15) is 25.8 Å².